The second-order valence-corrected chi connectivity index (χ2v) is 3.32. The molecule has 0 fully saturated rings. The lowest BCUT2D eigenvalue weighted by molar-refractivity contribution is -0.143. The first-order valence-electron chi connectivity index (χ1n) is 4.58. The maximum atomic E-state index is 12.8. The molecular weight excluding hydrogens is 242 g/mol. The van der Waals surface area contributed by atoms with E-state index in [0.29, 0.717) is 0 Å². The molecule has 0 aliphatic heterocycles. The highest BCUT2D eigenvalue weighted by atomic mass is 19.4. The van der Waals surface area contributed by atoms with Gasteiger partial charge in [0.1, 0.15) is 11.9 Å². The van der Waals surface area contributed by atoms with Gasteiger partial charge >= 0.3 is 12.1 Å². The van der Waals surface area contributed by atoms with Crippen molar-refractivity contribution >= 4 is 5.97 Å². The van der Waals surface area contributed by atoms with Gasteiger partial charge in [0.2, 0.25) is 0 Å². The first-order chi connectivity index (χ1) is 7.79. The third-order valence-electron chi connectivity index (χ3n) is 1.94. The lowest BCUT2D eigenvalue weighted by Gasteiger charge is -2.16. The predicted octanol–water partition coefficient (Wildman–Crippen LogP) is 2.10. The number of halogens is 4. The monoisotopic (exact) mass is 251 g/mol. The van der Waals surface area contributed by atoms with E-state index in [1.54, 1.807) is 0 Å². The van der Waals surface area contributed by atoms with Crippen LogP contribution in [0.5, 0.6) is 0 Å². The molecule has 2 N–H and O–H groups in total. The number of benzene rings is 1. The van der Waals surface area contributed by atoms with Gasteiger partial charge in [0, 0.05) is 0 Å². The summed E-state index contributed by atoms with van der Waals surface area (Å²) >= 11 is 0. The summed E-state index contributed by atoms with van der Waals surface area (Å²) in [6, 6.07) is 2.84. The van der Waals surface area contributed by atoms with Gasteiger partial charge in [-0.15, -0.1) is 0 Å². The molecule has 3 nitrogen and oxygen atoms in total. The zero-order valence-electron chi connectivity index (χ0n) is 8.46. The summed E-state index contributed by atoms with van der Waals surface area (Å²) in [7, 11) is 0. The van der Waals surface area contributed by atoms with Gasteiger partial charge in [0.25, 0.3) is 0 Å². The third-order valence-corrected chi connectivity index (χ3v) is 1.94. The molecule has 1 rings (SSSR count). The van der Waals surface area contributed by atoms with E-state index in [4.69, 9.17) is 5.11 Å². The van der Waals surface area contributed by atoms with Crippen LogP contribution in [-0.4, -0.2) is 23.8 Å². The Kier molecular flexibility index (Phi) is 4.06. The molecule has 0 saturated heterocycles. The standard InChI is InChI=1S/C10H9F4NO2/c11-7-3-1-2-6(4-7)8(9(16)17)15-5-10(12,13)14/h1-4,8,15H,5H2,(H,16,17). The second-order valence-electron chi connectivity index (χ2n) is 3.32. The minimum Gasteiger partial charge on any atom is -0.480 e. The summed E-state index contributed by atoms with van der Waals surface area (Å²) in [5, 5.41) is 10.6. The smallest absolute Gasteiger partial charge is 0.401 e. The van der Waals surface area contributed by atoms with E-state index in [9.17, 15) is 22.4 Å². The Balaban J connectivity index is 2.83. The molecule has 0 aliphatic carbocycles. The molecule has 0 amide bonds. The van der Waals surface area contributed by atoms with Crippen molar-refractivity contribution in [1.82, 2.24) is 5.32 Å². The van der Waals surface area contributed by atoms with Crippen LogP contribution in [0.2, 0.25) is 0 Å². The van der Waals surface area contributed by atoms with Crippen molar-refractivity contribution < 1.29 is 27.5 Å². The lowest BCUT2D eigenvalue weighted by atomic mass is 10.1. The van der Waals surface area contributed by atoms with Crippen LogP contribution in [0, 0.1) is 5.82 Å². The molecule has 0 spiro atoms. The average Bonchev–Trinajstić information content (AvgIpc) is 2.15. The zero-order chi connectivity index (χ0) is 13.1. The fourth-order valence-electron chi connectivity index (χ4n) is 1.25. The summed E-state index contributed by atoms with van der Waals surface area (Å²) in [5.74, 6) is -2.21. The van der Waals surface area contributed by atoms with Gasteiger partial charge in [-0.3, -0.25) is 10.1 Å². The molecular formula is C10H9F4NO2. The Bertz CT molecular complexity index is 406. The van der Waals surface area contributed by atoms with Crippen molar-refractivity contribution in [3.63, 3.8) is 0 Å². The quantitative estimate of drug-likeness (QED) is 0.806. The lowest BCUT2D eigenvalue weighted by Crippen LogP contribution is -2.36. The van der Waals surface area contributed by atoms with Gasteiger partial charge < -0.3 is 5.11 Å². The normalized spacial score (nSPS) is 13.4. The van der Waals surface area contributed by atoms with E-state index in [2.05, 4.69) is 0 Å². The van der Waals surface area contributed by atoms with Gasteiger partial charge in [-0.05, 0) is 17.7 Å². The largest absolute Gasteiger partial charge is 0.480 e. The number of carboxylic acids is 1. The van der Waals surface area contributed by atoms with Crippen LogP contribution in [0.1, 0.15) is 11.6 Å². The Morgan fingerprint density at radius 2 is 2.06 bits per heavy atom. The molecule has 0 aliphatic rings. The Morgan fingerprint density at radius 1 is 1.41 bits per heavy atom. The van der Waals surface area contributed by atoms with Crippen LogP contribution in [0.25, 0.3) is 0 Å². The Hall–Kier alpha value is -1.63. The SMILES string of the molecule is O=C(O)C(NCC(F)(F)F)c1cccc(F)c1. The van der Waals surface area contributed by atoms with Crippen molar-refractivity contribution in [3.05, 3.63) is 35.6 Å². The Morgan fingerprint density at radius 3 is 2.53 bits per heavy atom. The van der Waals surface area contributed by atoms with Crippen molar-refractivity contribution in [1.29, 1.82) is 0 Å². The number of hydrogen-bond donors (Lipinski definition) is 2. The highest BCUT2D eigenvalue weighted by molar-refractivity contribution is 5.75. The molecule has 0 aromatic heterocycles. The molecule has 0 heterocycles. The molecule has 94 valence electrons. The van der Waals surface area contributed by atoms with Crippen LogP contribution in [0.3, 0.4) is 0 Å². The number of aliphatic carboxylic acids is 1. The average molecular weight is 251 g/mol. The van der Waals surface area contributed by atoms with Crippen LogP contribution < -0.4 is 5.32 Å². The fraction of sp³-hybridized carbons (Fsp3) is 0.300. The molecule has 0 radical (unpaired) electrons. The molecule has 1 aromatic carbocycles. The van der Waals surface area contributed by atoms with Crippen LogP contribution in [0.4, 0.5) is 17.6 Å². The first-order valence-corrected chi connectivity index (χ1v) is 4.58. The molecule has 0 bridgehead atoms. The van der Waals surface area contributed by atoms with E-state index in [0.717, 1.165) is 12.1 Å². The van der Waals surface area contributed by atoms with Crippen LogP contribution in [-0.2, 0) is 4.79 Å². The zero-order valence-corrected chi connectivity index (χ0v) is 8.46. The summed E-state index contributed by atoms with van der Waals surface area (Å²) in [5.41, 5.74) is -0.0678. The molecule has 1 unspecified atom stereocenters. The molecule has 17 heavy (non-hydrogen) atoms. The molecule has 1 atom stereocenters. The highest BCUT2D eigenvalue weighted by Gasteiger charge is 2.30. The Labute approximate surface area is 94.1 Å². The fourth-order valence-corrected chi connectivity index (χ4v) is 1.25. The third kappa shape index (κ3) is 4.39. The summed E-state index contributed by atoms with van der Waals surface area (Å²) in [4.78, 5) is 10.8. The van der Waals surface area contributed by atoms with E-state index >= 15 is 0 Å². The van der Waals surface area contributed by atoms with Crippen molar-refractivity contribution in [2.45, 2.75) is 12.2 Å². The minimum absolute atomic E-state index is 0.0678. The topological polar surface area (TPSA) is 49.3 Å². The number of rotatable bonds is 4. The number of hydrogen-bond acceptors (Lipinski definition) is 2. The highest BCUT2D eigenvalue weighted by Crippen LogP contribution is 2.18. The van der Waals surface area contributed by atoms with Crippen LogP contribution in [0.15, 0.2) is 24.3 Å². The summed E-state index contributed by atoms with van der Waals surface area (Å²) in [6.45, 7) is -1.46. The maximum Gasteiger partial charge on any atom is 0.401 e. The van der Waals surface area contributed by atoms with Crippen molar-refractivity contribution in [2.75, 3.05) is 6.54 Å². The number of carbonyl (C=O) groups is 1. The maximum absolute atomic E-state index is 12.8. The van der Waals surface area contributed by atoms with Crippen molar-refractivity contribution in [2.24, 2.45) is 0 Å². The van der Waals surface area contributed by atoms with Crippen molar-refractivity contribution in [3.8, 4) is 0 Å². The van der Waals surface area contributed by atoms with E-state index in [1.807, 2.05) is 5.32 Å². The summed E-state index contributed by atoms with van der Waals surface area (Å²) < 4.78 is 48.7. The van der Waals surface area contributed by atoms with E-state index in [1.165, 1.54) is 12.1 Å². The van der Waals surface area contributed by atoms with Gasteiger partial charge in [-0.25, -0.2) is 4.39 Å². The van der Waals surface area contributed by atoms with Gasteiger partial charge in [0.05, 0.1) is 6.54 Å². The minimum atomic E-state index is -4.53. The molecule has 1 aromatic rings. The van der Waals surface area contributed by atoms with E-state index in [-0.39, 0.29) is 5.56 Å². The first kappa shape index (κ1) is 13.4. The summed E-state index contributed by atoms with van der Waals surface area (Å²) in [6.07, 6.45) is -4.53. The van der Waals surface area contributed by atoms with Gasteiger partial charge in [-0.2, -0.15) is 13.2 Å². The van der Waals surface area contributed by atoms with E-state index < -0.39 is 30.5 Å². The second kappa shape index (κ2) is 5.13. The number of carboxylic acid groups (broad SMARTS) is 1. The van der Waals surface area contributed by atoms with Gasteiger partial charge in [-0.1, -0.05) is 12.1 Å². The molecule has 0 saturated carbocycles. The molecule has 7 heteroatoms. The number of alkyl halides is 3. The van der Waals surface area contributed by atoms with Gasteiger partial charge in [0.15, 0.2) is 0 Å². The van der Waals surface area contributed by atoms with Crippen LogP contribution >= 0.6 is 0 Å². The number of nitrogens with one attached hydrogen (secondary N) is 1. The predicted molar refractivity (Wildman–Crippen MR) is 50.8 cm³/mol.